The predicted octanol–water partition coefficient (Wildman–Crippen LogP) is 1.73. The van der Waals surface area contributed by atoms with E-state index < -0.39 is 0 Å². The van der Waals surface area contributed by atoms with Gasteiger partial charge in [-0.2, -0.15) is 4.90 Å². The topological polar surface area (TPSA) is 0 Å². The molecule has 0 atom stereocenters. The Labute approximate surface area is 69.3 Å². The van der Waals surface area contributed by atoms with Gasteiger partial charge in [-0.25, -0.2) is 4.39 Å². The first-order valence-electron chi connectivity index (χ1n) is 2.21. The molecule has 1 aromatic rings. The van der Waals surface area contributed by atoms with Crippen LogP contribution in [0.3, 0.4) is 0 Å². The van der Waals surface area contributed by atoms with Crippen LogP contribution in [0.2, 0.25) is 0 Å². The van der Waals surface area contributed by atoms with Crippen LogP contribution in [0.4, 0.5) is 4.39 Å². The molecule has 0 fully saturated rings. The van der Waals surface area contributed by atoms with Crippen LogP contribution >= 0.6 is 0 Å². The summed E-state index contributed by atoms with van der Waals surface area (Å²) < 4.78 is 12.0. The van der Waals surface area contributed by atoms with Crippen molar-refractivity contribution in [1.29, 1.82) is 0 Å². The molecule has 0 saturated carbocycles. The van der Waals surface area contributed by atoms with Gasteiger partial charge in [0.15, 0.2) is 0 Å². The largest absolute Gasteiger partial charge is 1.00 e. The van der Waals surface area contributed by atoms with E-state index in [1.54, 1.807) is 12.1 Å². The van der Waals surface area contributed by atoms with Crippen LogP contribution in [0, 0.1) is 5.82 Å². The molecule has 0 aliphatic carbocycles. The molecule has 0 nitrogen and oxygen atoms in total. The van der Waals surface area contributed by atoms with E-state index in [1.807, 2.05) is 0 Å². The molecule has 0 aromatic heterocycles. The summed E-state index contributed by atoms with van der Waals surface area (Å²) in [6.45, 7) is 0. The molecular weight excluding hydrogens is 187 g/mol. The van der Waals surface area contributed by atoms with Gasteiger partial charge >= 0.3 is 17.1 Å². The normalized spacial score (nSPS) is 8.11. The van der Waals surface area contributed by atoms with Crippen LogP contribution in [0.25, 0.3) is 0 Å². The zero-order valence-electron chi connectivity index (χ0n) is 4.40. The number of hydrogen-bond donors (Lipinski definition) is 0. The molecular formula is C6H4CuFS. The predicted molar refractivity (Wildman–Crippen MR) is 32.0 cm³/mol. The van der Waals surface area contributed by atoms with E-state index in [1.165, 1.54) is 12.1 Å². The van der Waals surface area contributed by atoms with Gasteiger partial charge in [-0.15, -0.1) is 0 Å². The fourth-order valence-corrected chi connectivity index (χ4v) is 0.571. The molecule has 3 heteroatoms. The Hall–Kier alpha value is -0.111. The second kappa shape index (κ2) is 3.83. The van der Waals surface area contributed by atoms with Crippen molar-refractivity contribution < 1.29 is 21.5 Å². The first kappa shape index (κ1) is 8.89. The second-order valence-corrected chi connectivity index (χ2v) is 1.93. The fraction of sp³-hybridized carbons (Fsp3) is 0. The summed E-state index contributed by atoms with van der Waals surface area (Å²) in [7, 11) is 0. The standard InChI is InChI=1S/C6H5FS.Cu/c7-5-1-3-6(8)4-2-5;/h1-4,8H;/q;+1/p-1. The third-order valence-electron chi connectivity index (χ3n) is 0.814. The third kappa shape index (κ3) is 2.80. The number of rotatable bonds is 0. The van der Waals surface area contributed by atoms with Crippen molar-refractivity contribution in [2.75, 3.05) is 0 Å². The summed E-state index contributed by atoms with van der Waals surface area (Å²) >= 11 is 4.70. The Morgan fingerprint density at radius 3 is 1.89 bits per heavy atom. The molecule has 9 heavy (non-hydrogen) atoms. The zero-order valence-corrected chi connectivity index (χ0v) is 6.16. The first-order valence-corrected chi connectivity index (χ1v) is 2.62. The Kier molecular flexibility index (Phi) is 3.78. The van der Waals surface area contributed by atoms with Crippen molar-refractivity contribution in [3.05, 3.63) is 30.1 Å². The number of benzene rings is 1. The van der Waals surface area contributed by atoms with Crippen LogP contribution in [0.1, 0.15) is 0 Å². The molecule has 1 aromatic carbocycles. The SMILES string of the molecule is Fc1ccc([S-])cc1.[Cu+]. The first-order chi connectivity index (χ1) is 3.79. The molecule has 0 aliphatic rings. The monoisotopic (exact) mass is 190 g/mol. The Bertz CT molecular complexity index is 152. The minimum absolute atomic E-state index is 0. The van der Waals surface area contributed by atoms with E-state index in [9.17, 15) is 4.39 Å². The molecule has 0 unspecified atom stereocenters. The third-order valence-corrected chi connectivity index (χ3v) is 1.09. The molecule has 1 rings (SSSR count). The van der Waals surface area contributed by atoms with E-state index in [2.05, 4.69) is 0 Å². The summed E-state index contributed by atoms with van der Waals surface area (Å²) in [5.74, 6) is -0.237. The van der Waals surface area contributed by atoms with E-state index in [4.69, 9.17) is 12.6 Å². The molecule has 0 heterocycles. The summed E-state index contributed by atoms with van der Waals surface area (Å²) in [4.78, 5) is 0.673. The Balaban J connectivity index is 0.000000640. The van der Waals surface area contributed by atoms with Gasteiger partial charge in [0, 0.05) is 0 Å². The quantitative estimate of drug-likeness (QED) is 0.444. The van der Waals surface area contributed by atoms with Crippen LogP contribution < -0.4 is 0 Å². The van der Waals surface area contributed by atoms with E-state index in [0.717, 1.165) is 0 Å². The number of hydrogen-bond acceptors (Lipinski definition) is 1. The average molecular weight is 191 g/mol. The number of halogens is 1. The maximum Gasteiger partial charge on any atom is 1.00 e. The van der Waals surface area contributed by atoms with Crippen LogP contribution in [-0.4, -0.2) is 0 Å². The van der Waals surface area contributed by atoms with Crippen molar-refractivity contribution in [3.63, 3.8) is 0 Å². The van der Waals surface area contributed by atoms with Gasteiger partial charge in [0.05, 0.1) is 0 Å². The molecule has 0 amide bonds. The van der Waals surface area contributed by atoms with Crippen LogP contribution in [-0.2, 0) is 29.7 Å². The maximum atomic E-state index is 12.0. The van der Waals surface area contributed by atoms with Gasteiger partial charge in [0.25, 0.3) is 0 Å². The Morgan fingerprint density at radius 2 is 1.56 bits per heavy atom. The van der Waals surface area contributed by atoms with E-state index >= 15 is 0 Å². The van der Waals surface area contributed by atoms with Gasteiger partial charge in [0.2, 0.25) is 0 Å². The molecule has 0 spiro atoms. The smallest absolute Gasteiger partial charge is 0.780 e. The van der Waals surface area contributed by atoms with Crippen molar-refractivity contribution in [1.82, 2.24) is 0 Å². The zero-order chi connectivity index (χ0) is 5.98. The molecule has 0 bridgehead atoms. The average Bonchev–Trinajstić information content (AvgIpc) is 1.77. The van der Waals surface area contributed by atoms with Crippen molar-refractivity contribution in [2.24, 2.45) is 0 Å². The summed E-state index contributed by atoms with van der Waals surface area (Å²) in [5, 5.41) is 0. The van der Waals surface area contributed by atoms with Crippen LogP contribution in [0.15, 0.2) is 29.2 Å². The van der Waals surface area contributed by atoms with Gasteiger partial charge in [-0.05, 0) is 12.1 Å². The van der Waals surface area contributed by atoms with Gasteiger partial charge in [-0.3, -0.25) is 0 Å². The summed E-state index contributed by atoms with van der Waals surface area (Å²) in [6.07, 6.45) is 0. The second-order valence-electron chi connectivity index (χ2n) is 1.45. The Morgan fingerprint density at radius 1 is 1.11 bits per heavy atom. The molecule has 0 radical (unpaired) electrons. The fourth-order valence-electron chi connectivity index (χ4n) is 0.435. The summed E-state index contributed by atoms with van der Waals surface area (Å²) in [5.41, 5.74) is 0. The molecule has 0 N–H and O–H groups in total. The maximum absolute atomic E-state index is 12.0. The van der Waals surface area contributed by atoms with Gasteiger partial charge < -0.3 is 12.6 Å². The van der Waals surface area contributed by atoms with Crippen molar-refractivity contribution >= 4 is 12.6 Å². The molecule has 0 aliphatic heterocycles. The van der Waals surface area contributed by atoms with E-state index in [0.29, 0.717) is 4.90 Å². The summed E-state index contributed by atoms with van der Waals surface area (Å²) in [6, 6.07) is 5.82. The molecule has 0 saturated heterocycles. The van der Waals surface area contributed by atoms with Crippen LogP contribution in [0.5, 0.6) is 0 Å². The minimum atomic E-state index is -0.237. The van der Waals surface area contributed by atoms with Gasteiger partial charge in [0.1, 0.15) is 5.82 Å². The van der Waals surface area contributed by atoms with Crippen molar-refractivity contribution in [2.45, 2.75) is 4.90 Å². The minimum Gasteiger partial charge on any atom is -0.780 e. The van der Waals surface area contributed by atoms with Gasteiger partial charge in [-0.1, -0.05) is 12.1 Å². The molecule has 52 valence electrons. The van der Waals surface area contributed by atoms with E-state index in [-0.39, 0.29) is 22.9 Å². The van der Waals surface area contributed by atoms with Crippen molar-refractivity contribution in [3.8, 4) is 0 Å².